The number of hydrogen-bond donors (Lipinski definition) is 0. The lowest BCUT2D eigenvalue weighted by atomic mass is 9.90. The highest BCUT2D eigenvalue weighted by Gasteiger charge is 2.16. The van der Waals surface area contributed by atoms with Gasteiger partial charge in [-0.3, -0.25) is 0 Å². The standard InChI is InChI=1S/C20H31NO/c1-4-21(5-2)15-13-18-10-7-6-9-17-11-8-12-19(20(17)18)14-16-22-3/h8,10-12H,4-7,9,13-16H2,1-3H3. The molecule has 2 heteroatoms. The Kier molecular flexibility index (Phi) is 7.14. The summed E-state index contributed by atoms with van der Waals surface area (Å²) < 4.78 is 5.31. The van der Waals surface area contributed by atoms with Crippen LogP contribution in [-0.4, -0.2) is 38.3 Å². The van der Waals surface area contributed by atoms with Gasteiger partial charge in [-0.15, -0.1) is 0 Å². The van der Waals surface area contributed by atoms with E-state index in [1.807, 2.05) is 0 Å². The molecule has 0 amide bonds. The van der Waals surface area contributed by atoms with E-state index in [2.05, 4.69) is 43.0 Å². The first-order valence-corrected chi connectivity index (χ1v) is 8.81. The van der Waals surface area contributed by atoms with Crippen molar-refractivity contribution in [3.05, 3.63) is 41.0 Å². The van der Waals surface area contributed by atoms with E-state index in [-0.39, 0.29) is 0 Å². The first kappa shape index (κ1) is 17.2. The quantitative estimate of drug-likeness (QED) is 0.709. The van der Waals surface area contributed by atoms with E-state index < -0.39 is 0 Å². The maximum absolute atomic E-state index is 5.31. The molecule has 22 heavy (non-hydrogen) atoms. The average molecular weight is 301 g/mol. The van der Waals surface area contributed by atoms with Crippen LogP contribution in [0.3, 0.4) is 0 Å². The van der Waals surface area contributed by atoms with E-state index in [0.29, 0.717) is 0 Å². The van der Waals surface area contributed by atoms with Gasteiger partial charge < -0.3 is 9.64 Å². The Morgan fingerprint density at radius 2 is 1.95 bits per heavy atom. The molecule has 0 aromatic heterocycles. The van der Waals surface area contributed by atoms with Crippen molar-refractivity contribution in [1.82, 2.24) is 4.90 Å². The molecule has 2 nitrogen and oxygen atoms in total. The predicted molar refractivity (Wildman–Crippen MR) is 95.3 cm³/mol. The van der Waals surface area contributed by atoms with Gasteiger partial charge in [-0.05, 0) is 67.5 Å². The molecule has 1 aliphatic carbocycles. The van der Waals surface area contributed by atoms with E-state index in [9.17, 15) is 0 Å². The van der Waals surface area contributed by atoms with Crippen LogP contribution < -0.4 is 0 Å². The Morgan fingerprint density at radius 3 is 2.68 bits per heavy atom. The summed E-state index contributed by atoms with van der Waals surface area (Å²) in [5.41, 5.74) is 6.10. The summed E-state index contributed by atoms with van der Waals surface area (Å²) in [5, 5.41) is 0. The molecule has 0 fully saturated rings. The molecule has 0 saturated carbocycles. The molecule has 122 valence electrons. The van der Waals surface area contributed by atoms with Crippen molar-refractivity contribution in [1.29, 1.82) is 0 Å². The van der Waals surface area contributed by atoms with E-state index >= 15 is 0 Å². The molecule has 0 bridgehead atoms. The molecule has 0 spiro atoms. The van der Waals surface area contributed by atoms with Gasteiger partial charge in [0.1, 0.15) is 0 Å². The lowest BCUT2D eigenvalue weighted by molar-refractivity contribution is 0.202. The minimum Gasteiger partial charge on any atom is -0.384 e. The van der Waals surface area contributed by atoms with Gasteiger partial charge in [0, 0.05) is 13.7 Å². The van der Waals surface area contributed by atoms with Gasteiger partial charge >= 0.3 is 0 Å². The molecule has 1 aromatic rings. The summed E-state index contributed by atoms with van der Waals surface area (Å²) in [6.45, 7) is 8.76. The number of aryl methyl sites for hydroxylation is 1. The molecule has 0 saturated heterocycles. The summed E-state index contributed by atoms with van der Waals surface area (Å²) >= 11 is 0. The summed E-state index contributed by atoms with van der Waals surface area (Å²) in [4.78, 5) is 2.52. The maximum atomic E-state index is 5.31. The molecule has 1 aliphatic rings. The largest absolute Gasteiger partial charge is 0.384 e. The minimum atomic E-state index is 0.805. The van der Waals surface area contributed by atoms with E-state index in [1.165, 1.54) is 42.4 Å². The third-order valence-electron chi connectivity index (χ3n) is 4.77. The van der Waals surface area contributed by atoms with Crippen molar-refractivity contribution < 1.29 is 4.74 Å². The fourth-order valence-electron chi connectivity index (χ4n) is 3.41. The van der Waals surface area contributed by atoms with Crippen molar-refractivity contribution in [3.8, 4) is 0 Å². The van der Waals surface area contributed by atoms with E-state index in [0.717, 1.165) is 32.7 Å². The van der Waals surface area contributed by atoms with Gasteiger partial charge in [0.05, 0.1) is 6.61 Å². The van der Waals surface area contributed by atoms with E-state index in [4.69, 9.17) is 4.74 Å². The molecular weight excluding hydrogens is 270 g/mol. The Labute approximate surface area is 136 Å². The number of hydrogen-bond acceptors (Lipinski definition) is 2. The Hall–Kier alpha value is -1.12. The zero-order valence-electron chi connectivity index (χ0n) is 14.5. The molecule has 0 N–H and O–H groups in total. The monoisotopic (exact) mass is 301 g/mol. The number of methoxy groups -OCH3 is 1. The van der Waals surface area contributed by atoms with Crippen molar-refractivity contribution >= 4 is 5.57 Å². The Balaban J connectivity index is 2.23. The minimum absolute atomic E-state index is 0.805. The third-order valence-corrected chi connectivity index (χ3v) is 4.77. The second kappa shape index (κ2) is 9.12. The summed E-state index contributed by atoms with van der Waals surface area (Å²) in [6, 6.07) is 6.83. The Morgan fingerprint density at radius 1 is 1.14 bits per heavy atom. The van der Waals surface area contributed by atoms with E-state index in [1.54, 1.807) is 12.7 Å². The van der Waals surface area contributed by atoms with Gasteiger partial charge in [-0.2, -0.15) is 0 Å². The molecule has 0 unspecified atom stereocenters. The second-order valence-electron chi connectivity index (χ2n) is 6.09. The molecule has 0 radical (unpaired) electrons. The SMILES string of the molecule is CCN(CC)CCC1=CCCCc2cccc(CCOC)c21. The Bertz CT molecular complexity index is 488. The predicted octanol–water partition coefficient (Wildman–Crippen LogP) is 4.33. The van der Waals surface area contributed by atoms with Crippen molar-refractivity contribution in [2.24, 2.45) is 0 Å². The summed E-state index contributed by atoms with van der Waals surface area (Å²) in [7, 11) is 1.79. The molecule has 2 rings (SSSR count). The normalized spacial score (nSPS) is 14.6. The van der Waals surface area contributed by atoms with Gasteiger partial charge in [-0.25, -0.2) is 0 Å². The van der Waals surface area contributed by atoms with Crippen LogP contribution in [0.1, 0.15) is 49.8 Å². The van der Waals surface area contributed by atoms with Crippen LogP contribution in [0.15, 0.2) is 24.3 Å². The lowest BCUT2D eigenvalue weighted by Gasteiger charge is -2.21. The lowest BCUT2D eigenvalue weighted by Crippen LogP contribution is -2.24. The van der Waals surface area contributed by atoms with Crippen molar-refractivity contribution in [3.63, 3.8) is 0 Å². The average Bonchev–Trinajstić information content (AvgIpc) is 2.76. The highest BCUT2D eigenvalue weighted by Crippen LogP contribution is 2.31. The number of ether oxygens (including phenoxy) is 1. The smallest absolute Gasteiger partial charge is 0.0502 e. The molecular formula is C20H31NO. The van der Waals surface area contributed by atoms with Crippen molar-refractivity contribution in [2.45, 2.75) is 46.0 Å². The van der Waals surface area contributed by atoms with Crippen LogP contribution in [0.25, 0.3) is 5.57 Å². The number of benzene rings is 1. The zero-order valence-corrected chi connectivity index (χ0v) is 14.5. The summed E-state index contributed by atoms with van der Waals surface area (Å²) in [5.74, 6) is 0. The van der Waals surface area contributed by atoms with Gasteiger partial charge in [-0.1, -0.05) is 38.1 Å². The first-order chi connectivity index (χ1) is 10.8. The van der Waals surface area contributed by atoms with Gasteiger partial charge in [0.25, 0.3) is 0 Å². The molecule has 0 heterocycles. The first-order valence-electron chi connectivity index (χ1n) is 8.81. The van der Waals surface area contributed by atoms with Crippen LogP contribution in [0.2, 0.25) is 0 Å². The maximum Gasteiger partial charge on any atom is 0.0502 e. The van der Waals surface area contributed by atoms with Crippen LogP contribution in [0, 0.1) is 0 Å². The second-order valence-corrected chi connectivity index (χ2v) is 6.09. The number of allylic oxidation sites excluding steroid dienone is 1. The number of rotatable bonds is 8. The molecule has 1 aromatic carbocycles. The molecule has 0 atom stereocenters. The van der Waals surface area contributed by atoms with Crippen LogP contribution >= 0.6 is 0 Å². The zero-order chi connectivity index (χ0) is 15.8. The number of fused-ring (bicyclic) bond motifs is 1. The van der Waals surface area contributed by atoms with Crippen molar-refractivity contribution in [2.75, 3.05) is 33.4 Å². The fourth-order valence-corrected chi connectivity index (χ4v) is 3.41. The van der Waals surface area contributed by atoms with Crippen LogP contribution in [0.5, 0.6) is 0 Å². The van der Waals surface area contributed by atoms with Gasteiger partial charge in [0.15, 0.2) is 0 Å². The third kappa shape index (κ3) is 4.44. The highest BCUT2D eigenvalue weighted by atomic mass is 16.5. The van der Waals surface area contributed by atoms with Gasteiger partial charge in [0.2, 0.25) is 0 Å². The number of nitrogens with zero attached hydrogens (tertiary/aromatic N) is 1. The van der Waals surface area contributed by atoms with Crippen LogP contribution in [-0.2, 0) is 17.6 Å². The topological polar surface area (TPSA) is 12.5 Å². The van der Waals surface area contributed by atoms with Crippen LogP contribution in [0.4, 0.5) is 0 Å². The molecule has 0 aliphatic heterocycles. The summed E-state index contributed by atoms with van der Waals surface area (Å²) in [6.07, 6.45) is 8.37. The highest BCUT2D eigenvalue weighted by molar-refractivity contribution is 5.72. The fraction of sp³-hybridized carbons (Fsp3) is 0.600.